The highest BCUT2D eigenvalue weighted by molar-refractivity contribution is 5.96. The Hall–Kier alpha value is -2.11. The Balaban J connectivity index is 2.88. The average Bonchev–Trinajstić information content (AvgIpc) is 2.31. The van der Waals surface area contributed by atoms with Gasteiger partial charge in [-0.05, 0) is 18.2 Å². The van der Waals surface area contributed by atoms with Gasteiger partial charge < -0.3 is 15.4 Å². The number of halogens is 1. The van der Waals surface area contributed by atoms with Gasteiger partial charge in [-0.25, -0.2) is 4.39 Å². The maximum Gasteiger partial charge on any atom is 0.325 e. The van der Waals surface area contributed by atoms with Crippen LogP contribution in [0.25, 0.3) is 0 Å². The number of carbonyl (C=O) groups is 2. The van der Waals surface area contributed by atoms with Crippen molar-refractivity contribution in [1.29, 1.82) is 0 Å². The summed E-state index contributed by atoms with van der Waals surface area (Å²) in [5, 5.41) is 0. The van der Waals surface area contributed by atoms with E-state index in [1.807, 2.05) is 0 Å². The van der Waals surface area contributed by atoms with Crippen LogP contribution in [0.3, 0.4) is 0 Å². The Bertz CT molecular complexity index is 448. The van der Waals surface area contributed by atoms with Gasteiger partial charge in [0.25, 0.3) is 5.91 Å². The number of esters is 1. The molecule has 17 heavy (non-hydrogen) atoms. The van der Waals surface area contributed by atoms with E-state index in [0.29, 0.717) is 0 Å². The number of rotatable bonds is 3. The van der Waals surface area contributed by atoms with E-state index in [9.17, 15) is 14.0 Å². The number of methoxy groups -OCH3 is 1. The van der Waals surface area contributed by atoms with E-state index in [0.717, 1.165) is 11.0 Å². The fourth-order valence-corrected chi connectivity index (χ4v) is 1.24. The molecule has 0 aliphatic carbocycles. The van der Waals surface area contributed by atoms with Gasteiger partial charge in [0.1, 0.15) is 12.4 Å². The third kappa shape index (κ3) is 3.17. The van der Waals surface area contributed by atoms with E-state index in [-0.39, 0.29) is 17.8 Å². The third-order valence-electron chi connectivity index (χ3n) is 2.16. The predicted molar refractivity (Wildman–Crippen MR) is 59.8 cm³/mol. The molecule has 0 saturated carbocycles. The number of likely N-dealkylation sites (N-methyl/N-ethyl adjacent to an activating group) is 1. The number of nitrogens with zero attached hydrogens (tertiary/aromatic N) is 1. The van der Waals surface area contributed by atoms with Crippen LogP contribution in [0.1, 0.15) is 10.4 Å². The van der Waals surface area contributed by atoms with Gasteiger partial charge in [0.05, 0.1) is 12.7 Å². The molecule has 1 aromatic rings. The smallest absolute Gasteiger partial charge is 0.325 e. The first-order chi connectivity index (χ1) is 7.95. The minimum atomic E-state index is -0.680. The van der Waals surface area contributed by atoms with E-state index in [2.05, 4.69) is 4.74 Å². The molecule has 0 aliphatic heterocycles. The van der Waals surface area contributed by atoms with Crippen molar-refractivity contribution in [3.8, 4) is 0 Å². The number of nitrogens with two attached hydrogens (primary N) is 1. The highest BCUT2D eigenvalue weighted by Crippen LogP contribution is 2.13. The molecule has 6 heteroatoms. The van der Waals surface area contributed by atoms with Crippen LogP contribution >= 0.6 is 0 Å². The van der Waals surface area contributed by atoms with E-state index >= 15 is 0 Å². The Kier molecular flexibility index (Phi) is 4.03. The van der Waals surface area contributed by atoms with E-state index in [1.165, 1.54) is 26.3 Å². The second-order valence-corrected chi connectivity index (χ2v) is 3.48. The second kappa shape index (κ2) is 5.29. The van der Waals surface area contributed by atoms with Crippen LogP contribution in [0, 0.1) is 5.82 Å². The molecular weight excluding hydrogens is 227 g/mol. The zero-order valence-corrected chi connectivity index (χ0v) is 9.57. The van der Waals surface area contributed by atoms with E-state index < -0.39 is 17.7 Å². The first-order valence-electron chi connectivity index (χ1n) is 4.83. The molecule has 1 aromatic carbocycles. The molecule has 1 rings (SSSR count). The van der Waals surface area contributed by atoms with Gasteiger partial charge in [-0.15, -0.1) is 0 Å². The van der Waals surface area contributed by atoms with E-state index in [1.54, 1.807) is 0 Å². The normalized spacial score (nSPS) is 9.82. The molecule has 0 spiro atoms. The largest absolute Gasteiger partial charge is 0.468 e. The van der Waals surface area contributed by atoms with Gasteiger partial charge in [0.2, 0.25) is 0 Å². The van der Waals surface area contributed by atoms with Crippen molar-refractivity contribution in [2.75, 3.05) is 26.4 Å². The zero-order chi connectivity index (χ0) is 13.0. The molecule has 0 unspecified atom stereocenters. The van der Waals surface area contributed by atoms with Crippen molar-refractivity contribution in [2.45, 2.75) is 0 Å². The fourth-order valence-electron chi connectivity index (χ4n) is 1.24. The molecule has 1 amide bonds. The quantitative estimate of drug-likeness (QED) is 0.622. The summed E-state index contributed by atoms with van der Waals surface area (Å²) in [7, 11) is 2.59. The van der Waals surface area contributed by atoms with Crippen LogP contribution in [-0.2, 0) is 9.53 Å². The monoisotopic (exact) mass is 240 g/mol. The first-order valence-corrected chi connectivity index (χ1v) is 4.83. The molecule has 0 aliphatic rings. The average molecular weight is 240 g/mol. The molecule has 0 aromatic heterocycles. The molecule has 0 saturated heterocycles. The summed E-state index contributed by atoms with van der Waals surface area (Å²) < 4.78 is 17.8. The Morgan fingerprint density at radius 1 is 1.47 bits per heavy atom. The molecule has 92 valence electrons. The number of anilines is 1. The van der Waals surface area contributed by atoms with E-state index in [4.69, 9.17) is 5.73 Å². The number of carbonyl (C=O) groups excluding carboxylic acids is 2. The highest BCUT2D eigenvalue weighted by Gasteiger charge is 2.18. The van der Waals surface area contributed by atoms with Gasteiger partial charge in [0, 0.05) is 12.7 Å². The summed E-state index contributed by atoms with van der Waals surface area (Å²) >= 11 is 0. The third-order valence-corrected chi connectivity index (χ3v) is 2.16. The molecule has 0 heterocycles. The van der Waals surface area contributed by atoms with Crippen molar-refractivity contribution in [3.05, 3.63) is 29.6 Å². The van der Waals surface area contributed by atoms with Crippen molar-refractivity contribution in [1.82, 2.24) is 4.90 Å². The van der Waals surface area contributed by atoms with Gasteiger partial charge >= 0.3 is 5.97 Å². The Morgan fingerprint density at radius 3 is 2.71 bits per heavy atom. The second-order valence-electron chi connectivity index (χ2n) is 3.48. The number of ether oxygens (including phenoxy) is 1. The fraction of sp³-hybridized carbons (Fsp3) is 0.273. The lowest BCUT2D eigenvalue weighted by atomic mass is 10.1. The summed E-state index contributed by atoms with van der Waals surface area (Å²) in [5.41, 5.74) is 5.57. The predicted octanol–water partition coefficient (Wildman–Crippen LogP) is 0.653. The number of nitrogen functional groups attached to an aromatic ring is 1. The number of hydrogen-bond acceptors (Lipinski definition) is 4. The summed E-state index contributed by atoms with van der Waals surface area (Å²) in [6.45, 7) is -0.246. The summed E-state index contributed by atoms with van der Waals surface area (Å²) in [5.74, 6) is -1.88. The molecule has 2 N–H and O–H groups in total. The van der Waals surface area contributed by atoms with Crippen molar-refractivity contribution in [2.24, 2.45) is 0 Å². The molecule has 0 atom stereocenters. The summed E-state index contributed by atoms with van der Waals surface area (Å²) in [6.07, 6.45) is 0. The Labute approximate surface area is 98.0 Å². The maximum atomic E-state index is 13.4. The van der Waals surface area contributed by atoms with Gasteiger partial charge in [0.15, 0.2) is 0 Å². The maximum absolute atomic E-state index is 13.4. The summed E-state index contributed by atoms with van der Waals surface area (Å²) in [6, 6.07) is 3.69. The first kappa shape index (κ1) is 13.0. The molecule has 5 nitrogen and oxygen atoms in total. The van der Waals surface area contributed by atoms with Crippen LogP contribution in [-0.4, -0.2) is 37.5 Å². The van der Waals surface area contributed by atoms with Gasteiger partial charge in [-0.3, -0.25) is 9.59 Å². The minimum Gasteiger partial charge on any atom is -0.468 e. The highest BCUT2D eigenvalue weighted by atomic mass is 19.1. The van der Waals surface area contributed by atoms with Crippen LogP contribution in [0.15, 0.2) is 18.2 Å². The zero-order valence-electron chi connectivity index (χ0n) is 9.57. The van der Waals surface area contributed by atoms with Crippen LogP contribution < -0.4 is 5.73 Å². The van der Waals surface area contributed by atoms with Gasteiger partial charge in [-0.1, -0.05) is 0 Å². The van der Waals surface area contributed by atoms with Crippen molar-refractivity contribution >= 4 is 17.6 Å². The number of amides is 1. The molecular formula is C11H13FN2O3. The minimum absolute atomic E-state index is 0.170. The number of benzene rings is 1. The summed E-state index contributed by atoms with van der Waals surface area (Å²) in [4.78, 5) is 23.8. The standard InChI is InChI=1S/C11H13FN2O3/c1-14(6-10(15)17-2)11(16)8-5-7(13)3-4-9(8)12/h3-5H,6,13H2,1-2H3. The van der Waals surface area contributed by atoms with Crippen LogP contribution in [0.4, 0.5) is 10.1 Å². The van der Waals surface area contributed by atoms with Crippen molar-refractivity contribution < 1.29 is 18.7 Å². The SMILES string of the molecule is COC(=O)CN(C)C(=O)c1cc(N)ccc1F. The van der Waals surface area contributed by atoms with Crippen LogP contribution in [0.2, 0.25) is 0 Å². The lowest BCUT2D eigenvalue weighted by Crippen LogP contribution is -2.33. The van der Waals surface area contributed by atoms with Gasteiger partial charge in [-0.2, -0.15) is 0 Å². The molecule has 0 radical (unpaired) electrons. The number of hydrogen-bond donors (Lipinski definition) is 1. The lowest BCUT2D eigenvalue weighted by Gasteiger charge is -2.16. The van der Waals surface area contributed by atoms with Crippen LogP contribution in [0.5, 0.6) is 0 Å². The van der Waals surface area contributed by atoms with Crippen molar-refractivity contribution in [3.63, 3.8) is 0 Å². The molecule has 0 fully saturated rings. The molecule has 0 bridgehead atoms. The Morgan fingerprint density at radius 2 is 2.12 bits per heavy atom. The topological polar surface area (TPSA) is 72.6 Å². The lowest BCUT2D eigenvalue weighted by molar-refractivity contribution is -0.141.